The van der Waals surface area contributed by atoms with Gasteiger partial charge in [-0.1, -0.05) is 30.3 Å². The first-order valence-corrected chi connectivity index (χ1v) is 10.4. The van der Waals surface area contributed by atoms with E-state index in [1.54, 1.807) is 36.4 Å². The lowest BCUT2D eigenvalue weighted by atomic mass is 10.2. The summed E-state index contributed by atoms with van der Waals surface area (Å²) in [5.74, 6) is 0.227. The molecule has 152 valence electrons. The molecule has 3 aromatic carbocycles. The minimum atomic E-state index is -4.15. The van der Waals surface area contributed by atoms with Crippen LogP contribution in [-0.2, 0) is 16.6 Å². The Morgan fingerprint density at radius 1 is 0.897 bits per heavy atom. The van der Waals surface area contributed by atoms with Gasteiger partial charge in [-0.05, 0) is 54.4 Å². The van der Waals surface area contributed by atoms with Crippen LogP contribution in [0.3, 0.4) is 0 Å². The maximum absolute atomic E-state index is 14.4. The summed E-state index contributed by atoms with van der Waals surface area (Å²) >= 11 is 0. The van der Waals surface area contributed by atoms with Gasteiger partial charge < -0.3 is 9.47 Å². The van der Waals surface area contributed by atoms with E-state index in [-0.39, 0.29) is 11.4 Å². The van der Waals surface area contributed by atoms with Crippen molar-refractivity contribution < 1.29 is 22.3 Å². The average Bonchev–Trinajstić information content (AvgIpc) is 2.71. The molecule has 0 aliphatic heterocycles. The molecule has 29 heavy (non-hydrogen) atoms. The van der Waals surface area contributed by atoms with Gasteiger partial charge in [0, 0.05) is 0 Å². The molecule has 0 radical (unpaired) electrons. The number of aryl methyl sites for hydroxylation is 1. The van der Waals surface area contributed by atoms with Crippen molar-refractivity contribution in [1.82, 2.24) is 0 Å². The second-order valence-electron chi connectivity index (χ2n) is 6.47. The Bertz CT molecular complexity index is 1120. The minimum absolute atomic E-state index is 0.000471. The number of anilines is 1. The van der Waals surface area contributed by atoms with Gasteiger partial charge in [-0.2, -0.15) is 0 Å². The van der Waals surface area contributed by atoms with E-state index in [1.807, 2.05) is 13.0 Å². The van der Waals surface area contributed by atoms with Crippen molar-refractivity contribution in [3.63, 3.8) is 0 Å². The van der Waals surface area contributed by atoms with Gasteiger partial charge in [0.2, 0.25) is 0 Å². The zero-order valence-electron chi connectivity index (χ0n) is 16.4. The molecule has 5 nitrogen and oxygen atoms in total. The lowest BCUT2D eigenvalue weighted by molar-refractivity contribution is 0.354. The molecule has 0 N–H and O–H groups in total. The fourth-order valence-corrected chi connectivity index (χ4v) is 4.53. The minimum Gasteiger partial charge on any atom is -0.493 e. The van der Waals surface area contributed by atoms with Crippen LogP contribution in [0.1, 0.15) is 11.1 Å². The summed E-state index contributed by atoms with van der Waals surface area (Å²) in [5.41, 5.74) is 2.01. The van der Waals surface area contributed by atoms with E-state index in [1.165, 1.54) is 36.7 Å². The third kappa shape index (κ3) is 4.35. The maximum atomic E-state index is 14.4. The van der Waals surface area contributed by atoms with Crippen LogP contribution in [0.5, 0.6) is 11.5 Å². The first-order chi connectivity index (χ1) is 13.9. The highest BCUT2D eigenvalue weighted by Crippen LogP contribution is 2.31. The van der Waals surface area contributed by atoms with Crippen LogP contribution in [0.4, 0.5) is 10.1 Å². The van der Waals surface area contributed by atoms with Crippen molar-refractivity contribution in [3.05, 3.63) is 83.7 Å². The molecule has 0 heterocycles. The van der Waals surface area contributed by atoms with Crippen LogP contribution in [0.25, 0.3) is 0 Å². The summed E-state index contributed by atoms with van der Waals surface area (Å²) in [6, 6.07) is 17.6. The summed E-state index contributed by atoms with van der Waals surface area (Å²) in [6.45, 7) is 1.87. The Balaban J connectivity index is 2.11. The van der Waals surface area contributed by atoms with E-state index in [9.17, 15) is 12.8 Å². The fourth-order valence-electron chi connectivity index (χ4n) is 3.02. The molecule has 3 rings (SSSR count). The largest absolute Gasteiger partial charge is 0.493 e. The van der Waals surface area contributed by atoms with E-state index < -0.39 is 15.8 Å². The number of hydrogen-bond acceptors (Lipinski definition) is 4. The number of nitrogens with zero attached hydrogens (tertiary/aromatic N) is 1. The van der Waals surface area contributed by atoms with Gasteiger partial charge in [0.15, 0.2) is 11.5 Å². The summed E-state index contributed by atoms with van der Waals surface area (Å²) in [7, 11) is -1.11. The second-order valence-corrected chi connectivity index (χ2v) is 8.30. The molecule has 0 aliphatic carbocycles. The van der Waals surface area contributed by atoms with Crippen LogP contribution in [0.15, 0.2) is 71.6 Å². The van der Waals surface area contributed by atoms with Gasteiger partial charge in [0.25, 0.3) is 10.0 Å². The molecule has 0 aliphatic rings. The zero-order chi connectivity index (χ0) is 21.0. The summed E-state index contributed by atoms with van der Waals surface area (Å²) < 4.78 is 52.9. The maximum Gasteiger partial charge on any atom is 0.267 e. The fraction of sp³-hybridized carbons (Fsp3) is 0.182. The number of hydrogen-bond donors (Lipinski definition) is 0. The third-order valence-electron chi connectivity index (χ3n) is 4.47. The molecule has 0 amide bonds. The van der Waals surface area contributed by atoms with Crippen molar-refractivity contribution in [3.8, 4) is 11.5 Å². The van der Waals surface area contributed by atoms with Crippen molar-refractivity contribution in [2.24, 2.45) is 0 Å². The molecule has 0 atom stereocenters. The van der Waals surface area contributed by atoms with Gasteiger partial charge >= 0.3 is 0 Å². The van der Waals surface area contributed by atoms with Crippen LogP contribution in [-0.4, -0.2) is 22.6 Å². The van der Waals surface area contributed by atoms with Crippen molar-refractivity contribution in [1.29, 1.82) is 0 Å². The summed E-state index contributed by atoms with van der Waals surface area (Å²) in [4.78, 5) is -0.373. The second kappa shape index (κ2) is 8.53. The summed E-state index contributed by atoms with van der Waals surface area (Å²) in [5, 5.41) is 0. The molecule has 0 saturated carbocycles. The van der Waals surface area contributed by atoms with E-state index in [2.05, 4.69) is 0 Å². The topological polar surface area (TPSA) is 55.8 Å². The van der Waals surface area contributed by atoms with Crippen LogP contribution >= 0.6 is 0 Å². The van der Waals surface area contributed by atoms with Crippen LogP contribution in [0, 0.1) is 12.7 Å². The molecule has 0 bridgehead atoms. The van der Waals surface area contributed by atoms with E-state index >= 15 is 0 Å². The lowest BCUT2D eigenvalue weighted by Crippen LogP contribution is -2.31. The Kier molecular flexibility index (Phi) is 6.08. The smallest absolute Gasteiger partial charge is 0.267 e. The first-order valence-electron chi connectivity index (χ1n) is 8.91. The molecule has 7 heteroatoms. The number of sulfonamides is 1. The van der Waals surface area contributed by atoms with Crippen molar-refractivity contribution in [2.75, 3.05) is 18.5 Å². The highest BCUT2D eigenvalue weighted by Gasteiger charge is 2.28. The highest BCUT2D eigenvalue weighted by atomic mass is 32.2. The summed E-state index contributed by atoms with van der Waals surface area (Å²) in [6.07, 6.45) is 0. The van der Waals surface area contributed by atoms with E-state index in [4.69, 9.17) is 9.47 Å². The Hall–Kier alpha value is -3.06. The van der Waals surface area contributed by atoms with Gasteiger partial charge in [-0.25, -0.2) is 12.8 Å². The predicted molar refractivity (Wildman–Crippen MR) is 110 cm³/mol. The van der Waals surface area contributed by atoms with E-state index in [0.29, 0.717) is 22.7 Å². The third-order valence-corrected chi connectivity index (χ3v) is 6.28. The Morgan fingerprint density at radius 3 is 2.28 bits per heavy atom. The highest BCUT2D eigenvalue weighted by molar-refractivity contribution is 7.92. The van der Waals surface area contributed by atoms with Crippen molar-refractivity contribution >= 4 is 15.7 Å². The molecular weight excluding hydrogens is 393 g/mol. The number of methoxy groups -OCH3 is 2. The van der Waals surface area contributed by atoms with E-state index in [0.717, 1.165) is 11.6 Å². The van der Waals surface area contributed by atoms with Gasteiger partial charge in [-0.15, -0.1) is 0 Å². The van der Waals surface area contributed by atoms with Gasteiger partial charge in [0.1, 0.15) is 10.7 Å². The van der Waals surface area contributed by atoms with Gasteiger partial charge in [-0.3, -0.25) is 4.31 Å². The normalized spacial score (nSPS) is 11.2. The number of ether oxygens (including phenoxy) is 2. The molecular formula is C22H22FNO4S. The number of halogens is 1. The van der Waals surface area contributed by atoms with Gasteiger partial charge in [0.05, 0.1) is 26.5 Å². The Labute approximate surface area is 170 Å². The standard InChI is InChI=1S/C22H22FNO4S/c1-16-7-6-8-18(13-16)24(29(25,26)22-10-5-4-9-19(22)23)15-17-11-12-20(27-2)21(14-17)28-3/h4-14H,15H2,1-3H3. The average molecular weight is 415 g/mol. The monoisotopic (exact) mass is 415 g/mol. The zero-order valence-corrected chi connectivity index (χ0v) is 17.2. The van der Waals surface area contributed by atoms with Crippen LogP contribution in [0.2, 0.25) is 0 Å². The molecule has 0 spiro atoms. The molecule has 3 aromatic rings. The number of rotatable bonds is 7. The van der Waals surface area contributed by atoms with Crippen molar-refractivity contribution in [2.45, 2.75) is 18.4 Å². The number of benzene rings is 3. The molecule has 0 saturated heterocycles. The quantitative estimate of drug-likeness (QED) is 0.568. The molecule has 0 unspecified atom stereocenters. The lowest BCUT2D eigenvalue weighted by Gasteiger charge is -2.25. The Morgan fingerprint density at radius 2 is 1.62 bits per heavy atom. The van der Waals surface area contributed by atoms with Crippen LogP contribution < -0.4 is 13.8 Å². The first kappa shape index (κ1) is 20.7. The SMILES string of the molecule is COc1ccc(CN(c2cccc(C)c2)S(=O)(=O)c2ccccc2F)cc1OC. The predicted octanol–water partition coefficient (Wildman–Crippen LogP) is 4.55. The molecule has 0 fully saturated rings. The molecule has 0 aromatic heterocycles.